The molecule has 15 nitrogen and oxygen atoms in total. The van der Waals surface area contributed by atoms with Gasteiger partial charge in [-0.05, 0) is 20.3 Å². The fourth-order valence-electron chi connectivity index (χ4n) is 2.60. The summed E-state index contributed by atoms with van der Waals surface area (Å²) >= 11 is 0. The fraction of sp³-hybridized carbons (Fsp3) is 1.00. The van der Waals surface area contributed by atoms with Crippen molar-refractivity contribution in [2.75, 3.05) is 26.4 Å². The number of ether oxygens (including phenoxy) is 2. The molecular weight excluding hydrogens is 492 g/mol. The van der Waals surface area contributed by atoms with E-state index >= 15 is 0 Å². The first-order valence-corrected chi connectivity index (χ1v) is 11.6. The van der Waals surface area contributed by atoms with Gasteiger partial charge in [-0.15, -0.1) is 0 Å². The van der Waals surface area contributed by atoms with Crippen LogP contribution in [0, 0.1) is 0 Å². The maximum absolute atomic E-state index is 9.65. The molecular formula is C21H46O15. The summed E-state index contributed by atoms with van der Waals surface area (Å²) in [6.45, 7) is 3.23. The van der Waals surface area contributed by atoms with Crippen LogP contribution in [0.4, 0.5) is 0 Å². The van der Waals surface area contributed by atoms with Gasteiger partial charge in [0, 0.05) is 6.61 Å². The second-order valence-corrected chi connectivity index (χ2v) is 8.38. The van der Waals surface area contributed by atoms with Gasteiger partial charge in [-0.25, -0.2) is 0 Å². The molecule has 0 amide bonds. The van der Waals surface area contributed by atoms with E-state index < -0.39 is 93.3 Å². The summed E-state index contributed by atoms with van der Waals surface area (Å²) in [6, 6.07) is 0. The van der Waals surface area contributed by atoms with Gasteiger partial charge in [-0.3, -0.25) is 0 Å². The van der Waals surface area contributed by atoms with Gasteiger partial charge < -0.3 is 75.9 Å². The van der Waals surface area contributed by atoms with E-state index in [4.69, 9.17) is 50.3 Å². The molecule has 0 saturated carbocycles. The van der Waals surface area contributed by atoms with E-state index in [1.165, 1.54) is 13.8 Å². The van der Waals surface area contributed by atoms with Crippen LogP contribution < -0.4 is 0 Å². The maximum atomic E-state index is 9.65. The van der Waals surface area contributed by atoms with Crippen LogP contribution >= 0.6 is 0 Å². The molecule has 1 heterocycles. The van der Waals surface area contributed by atoms with Crippen molar-refractivity contribution in [1.29, 1.82) is 0 Å². The van der Waals surface area contributed by atoms with Gasteiger partial charge in [-0.2, -0.15) is 0 Å². The molecule has 0 aliphatic carbocycles. The number of unbranched alkanes of at least 4 members (excludes halogenated alkanes) is 1. The summed E-state index contributed by atoms with van der Waals surface area (Å²) in [6.07, 6.45) is -14.7. The molecule has 1 fully saturated rings. The molecule has 12 atom stereocenters. The summed E-state index contributed by atoms with van der Waals surface area (Å²) in [5, 5.41) is 117. The predicted molar refractivity (Wildman–Crippen MR) is 122 cm³/mol. The molecule has 1 aliphatic heterocycles. The number of aliphatic hydroxyl groups excluding tert-OH is 13. The molecule has 0 aromatic heterocycles. The molecule has 220 valence electrons. The standard InChI is InChI=1S/C11H22O9.C6H14O5.C4H10O/c1-4(13)7(15)5(14)3-19-11-10(18)9(17)8(16)6(2-12)20-11;1-3(8)5(10)6(11)4(9)2-7;1-2-3-4-5/h4-18H,2-3H2,1H3;3-11H,2H2,1H3;5H,2-4H2,1H3. The Hall–Kier alpha value is -0.600. The lowest BCUT2D eigenvalue weighted by molar-refractivity contribution is -0.306. The van der Waals surface area contributed by atoms with Gasteiger partial charge in [0.1, 0.15) is 54.9 Å². The molecule has 1 aliphatic rings. The van der Waals surface area contributed by atoms with Crippen molar-refractivity contribution in [3.05, 3.63) is 0 Å². The van der Waals surface area contributed by atoms with E-state index in [2.05, 4.69) is 6.92 Å². The Morgan fingerprint density at radius 3 is 1.61 bits per heavy atom. The molecule has 0 aromatic carbocycles. The summed E-state index contributed by atoms with van der Waals surface area (Å²) < 4.78 is 10.0. The zero-order valence-electron chi connectivity index (χ0n) is 20.8. The molecule has 0 radical (unpaired) electrons. The van der Waals surface area contributed by atoms with Crippen molar-refractivity contribution in [2.45, 2.75) is 107 Å². The molecule has 1 saturated heterocycles. The van der Waals surface area contributed by atoms with E-state index in [1.54, 1.807) is 0 Å². The largest absolute Gasteiger partial charge is 0.396 e. The highest BCUT2D eigenvalue weighted by atomic mass is 16.7. The van der Waals surface area contributed by atoms with E-state index in [0.717, 1.165) is 12.8 Å². The Morgan fingerprint density at radius 1 is 0.722 bits per heavy atom. The summed E-state index contributed by atoms with van der Waals surface area (Å²) in [4.78, 5) is 0. The predicted octanol–water partition coefficient (Wildman–Crippen LogP) is -5.87. The summed E-state index contributed by atoms with van der Waals surface area (Å²) in [5.41, 5.74) is 0. The zero-order chi connectivity index (χ0) is 28.6. The average molecular weight is 539 g/mol. The van der Waals surface area contributed by atoms with Crippen molar-refractivity contribution >= 4 is 0 Å². The molecule has 13 N–H and O–H groups in total. The van der Waals surface area contributed by atoms with Gasteiger partial charge in [0.05, 0.1) is 32.0 Å². The lowest BCUT2D eigenvalue weighted by Gasteiger charge is -2.39. The van der Waals surface area contributed by atoms with E-state index in [0.29, 0.717) is 6.61 Å². The van der Waals surface area contributed by atoms with Gasteiger partial charge in [0.2, 0.25) is 0 Å². The number of rotatable bonds is 12. The Balaban J connectivity index is 0. The number of hydrogen-bond donors (Lipinski definition) is 13. The SMILES string of the molecule is CC(O)C(O)C(O)C(O)CO.CC(O)C(O)C(O)COC1OC(CO)C(O)C(O)C1O.CCCCO. The second-order valence-electron chi connectivity index (χ2n) is 8.38. The van der Waals surface area contributed by atoms with E-state index in [1.807, 2.05) is 0 Å². The normalized spacial score (nSPS) is 29.8. The Labute approximate surface area is 210 Å². The van der Waals surface area contributed by atoms with Crippen LogP contribution in [-0.4, -0.2) is 166 Å². The molecule has 36 heavy (non-hydrogen) atoms. The Kier molecular flexibility index (Phi) is 21.3. The lowest BCUT2D eigenvalue weighted by Crippen LogP contribution is -2.59. The minimum absolute atomic E-state index is 0.344. The lowest BCUT2D eigenvalue weighted by atomic mass is 9.99. The van der Waals surface area contributed by atoms with E-state index in [-0.39, 0.29) is 0 Å². The summed E-state index contributed by atoms with van der Waals surface area (Å²) in [5.74, 6) is 0. The third-order valence-corrected chi connectivity index (χ3v) is 5.11. The zero-order valence-corrected chi connectivity index (χ0v) is 20.8. The molecule has 0 spiro atoms. The first-order chi connectivity index (χ1) is 16.7. The number of aliphatic hydroxyl groups is 13. The quantitative estimate of drug-likeness (QED) is 0.110. The topological polar surface area (TPSA) is 281 Å². The molecule has 1 rings (SSSR count). The molecule has 15 heteroatoms. The van der Waals surface area contributed by atoms with Crippen molar-refractivity contribution in [3.63, 3.8) is 0 Å². The monoisotopic (exact) mass is 538 g/mol. The minimum atomic E-state index is -1.58. The van der Waals surface area contributed by atoms with Crippen molar-refractivity contribution < 1.29 is 75.9 Å². The first kappa shape index (κ1) is 37.6. The van der Waals surface area contributed by atoms with Gasteiger partial charge >= 0.3 is 0 Å². The second kappa shape index (κ2) is 20.4. The summed E-state index contributed by atoms with van der Waals surface area (Å²) in [7, 11) is 0. The Morgan fingerprint density at radius 2 is 1.25 bits per heavy atom. The molecule has 0 aromatic rings. The van der Waals surface area contributed by atoms with Crippen LogP contribution in [0.1, 0.15) is 33.6 Å². The fourth-order valence-corrected chi connectivity index (χ4v) is 2.60. The third-order valence-electron chi connectivity index (χ3n) is 5.11. The van der Waals surface area contributed by atoms with E-state index in [9.17, 15) is 25.5 Å². The highest BCUT2D eigenvalue weighted by Gasteiger charge is 2.44. The van der Waals surface area contributed by atoms with Gasteiger partial charge in [-0.1, -0.05) is 13.3 Å². The maximum Gasteiger partial charge on any atom is 0.186 e. The average Bonchev–Trinajstić information content (AvgIpc) is 2.85. The third kappa shape index (κ3) is 13.8. The molecule has 0 bridgehead atoms. The van der Waals surface area contributed by atoms with Crippen LogP contribution in [0.3, 0.4) is 0 Å². The van der Waals surface area contributed by atoms with Crippen LogP contribution in [0.25, 0.3) is 0 Å². The van der Waals surface area contributed by atoms with Crippen molar-refractivity contribution in [1.82, 2.24) is 0 Å². The highest BCUT2D eigenvalue weighted by Crippen LogP contribution is 2.22. The van der Waals surface area contributed by atoms with Crippen molar-refractivity contribution in [2.24, 2.45) is 0 Å². The van der Waals surface area contributed by atoms with Crippen molar-refractivity contribution in [3.8, 4) is 0 Å². The van der Waals surface area contributed by atoms with Gasteiger partial charge in [0.15, 0.2) is 6.29 Å². The smallest absolute Gasteiger partial charge is 0.186 e. The van der Waals surface area contributed by atoms with Crippen LogP contribution in [0.2, 0.25) is 0 Å². The minimum Gasteiger partial charge on any atom is -0.396 e. The van der Waals surface area contributed by atoms with Crippen LogP contribution in [0.5, 0.6) is 0 Å². The van der Waals surface area contributed by atoms with Crippen LogP contribution in [0.15, 0.2) is 0 Å². The van der Waals surface area contributed by atoms with Crippen LogP contribution in [-0.2, 0) is 9.47 Å². The number of hydrogen-bond acceptors (Lipinski definition) is 15. The Bertz CT molecular complexity index is 508. The molecule has 12 unspecified atom stereocenters. The highest BCUT2D eigenvalue weighted by molar-refractivity contribution is 4.89. The van der Waals surface area contributed by atoms with Gasteiger partial charge in [0.25, 0.3) is 0 Å². The first-order valence-electron chi connectivity index (χ1n) is 11.6.